The molecule has 2 nitrogen and oxygen atoms in total. The van der Waals surface area contributed by atoms with E-state index in [-0.39, 0.29) is 0 Å². The van der Waals surface area contributed by atoms with Crippen LogP contribution in [0.25, 0.3) is 0 Å². The van der Waals surface area contributed by atoms with Gasteiger partial charge in [0.15, 0.2) is 0 Å². The van der Waals surface area contributed by atoms with Gasteiger partial charge in [0, 0.05) is 25.0 Å². The maximum Gasteiger partial charge on any atom is 0.0290 e. The fraction of sp³-hybridized carbons (Fsp3) is 0.200. The van der Waals surface area contributed by atoms with Crippen LogP contribution in [0.1, 0.15) is 0 Å². The summed E-state index contributed by atoms with van der Waals surface area (Å²) in [5.41, 5.74) is 0.627. The maximum atomic E-state index is 6.60. The van der Waals surface area contributed by atoms with Crippen molar-refractivity contribution in [1.29, 1.82) is 5.41 Å². The highest BCUT2D eigenvalue weighted by molar-refractivity contribution is 6.01. The Labute approximate surface area is 43.1 Å². The van der Waals surface area contributed by atoms with Crippen LogP contribution in [0.5, 0.6) is 0 Å². The average Bonchev–Trinajstić information content (AvgIpc) is 1.68. The van der Waals surface area contributed by atoms with Crippen LogP contribution >= 0.6 is 0 Å². The fourth-order valence-corrected chi connectivity index (χ4v) is 0.203. The predicted octanol–water partition coefficient (Wildman–Crippen LogP) is 0.893. The molecule has 0 aliphatic heterocycles. The maximum absolute atomic E-state index is 6.60. The van der Waals surface area contributed by atoms with Crippen LogP contribution in [0.3, 0.4) is 0 Å². The molecule has 0 saturated heterocycles. The van der Waals surface area contributed by atoms with Crippen molar-refractivity contribution < 1.29 is 0 Å². The summed E-state index contributed by atoms with van der Waals surface area (Å²) in [4.78, 5) is 3.63. The van der Waals surface area contributed by atoms with Gasteiger partial charge in [-0.1, -0.05) is 6.58 Å². The third-order valence-corrected chi connectivity index (χ3v) is 0.480. The molecule has 0 amide bonds. The lowest BCUT2D eigenvalue weighted by molar-refractivity contribution is 1.47. The normalized spacial score (nSPS) is 9.29. The Balaban J connectivity index is 3.58. The van der Waals surface area contributed by atoms with Crippen LogP contribution in [0, 0.1) is 5.41 Å². The first kappa shape index (κ1) is 6.08. The molecule has 0 spiro atoms. The van der Waals surface area contributed by atoms with E-state index in [0.717, 1.165) is 6.21 Å². The molecular formula is C5H8N2. The standard InChI is InChI=1S/C5H8N2/c1-5(3-6)4-7-2/h3-4,6H,1H2,2H3/b6-3?,7-4-. The third-order valence-electron chi connectivity index (χ3n) is 0.480. The van der Waals surface area contributed by atoms with Crippen molar-refractivity contribution in [2.45, 2.75) is 0 Å². The monoisotopic (exact) mass is 96.1 g/mol. The van der Waals surface area contributed by atoms with Crippen LogP contribution < -0.4 is 0 Å². The Morgan fingerprint density at radius 3 is 2.57 bits per heavy atom. The zero-order valence-corrected chi connectivity index (χ0v) is 4.31. The van der Waals surface area contributed by atoms with Crippen LogP contribution in [-0.4, -0.2) is 19.5 Å². The number of nitrogens with zero attached hydrogens (tertiary/aromatic N) is 1. The molecule has 2 heteroatoms. The van der Waals surface area contributed by atoms with Gasteiger partial charge in [-0.3, -0.25) is 4.99 Å². The van der Waals surface area contributed by atoms with E-state index < -0.39 is 0 Å². The van der Waals surface area contributed by atoms with E-state index in [1.165, 1.54) is 6.21 Å². The molecular weight excluding hydrogens is 88.1 g/mol. The molecule has 0 radical (unpaired) electrons. The second-order valence-electron chi connectivity index (χ2n) is 1.11. The van der Waals surface area contributed by atoms with E-state index in [2.05, 4.69) is 11.6 Å². The van der Waals surface area contributed by atoms with Gasteiger partial charge in [0.2, 0.25) is 0 Å². The van der Waals surface area contributed by atoms with E-state index in [0.29, 0.717) is 5.57 Å². The summed E-state index contributed by atoms with van der Waals surface area (Å²) in [7, 11) is 1.65. The van der Waals surface area contributed by atoms with Crippen LogP contribution in [0.15, 0.2) is 17.1 Å². The van der Waals surface area contributed by atoms with E-state index >= 15 is 0 Å². The second kappa shape index (κ2) is 3.28. The summed E-state index contributed by atoms with van der Waals surface area (Å²) < 4.78 is 0. The molecule has 0 aromatic carbocycles. The Kier molecular flexibility index (Phi) is 2.85. The molecule has 0 unspecified atom stereocenters. The SMILES string of the molecule is C=C(C=N)/C=N\C. The first-order chi connectivity index (χ1) is 3.31. The summed E-state index contributed by atoms with van der Waals surface area (Å²) in [5.74, 6) is 0. The topological polar surface area (TPSA) is 36.2 Å². The fourth-order valence-electron chi connectivity index (χ4n) is 0.203. The summed E-state index contributed by atoms with van der Waals surface area (Å²) in [6, 6.07) is 0. The van der Waals surface area contributed by atoms with Gasteiger partial charge >= 0.3 is 0 Å². The molecule has 1 N–H and O–H groups in total. The van der Waals surface area contributed by atoms with E-state index in [1.54, 1.807) is 7.05 Å². The summed E-state index contributed by atoms with van der Waals surface area (Å²) >= 11 is 0. The Morgan fingerprint density at radius 1 is 1.86 bits per heavy atom. The van der Waals surface area contributed by atoms with Gasteiger partial charge < -0.3 is 5.41 Å². The van der Waals surface area contributed by atoms with E-state index in [1.807, 2.05) is 0 Å². The molecule has 0 saturated carbocycles. The van der Waals surface area contributed by atoms with Crippen LogP contribution in [0.2, 0.25) is 0 Å². The van der Waals surface area contributed by atoms with Crippen molar-refractivity contribution in [3.05, 3.63) is 12.2 Å². The third kappa shape index (κ3) is 2.89. The van der Waals surface area contributed by atoms with Gasteiger partial charge in [-0.15, -0.1) is 0 Å². The Hall–Kier alpha value is -0.920. The number of hydrogen-bond acceptors (Lipinski definition) is 2. The zero-order chi connectivity index (χ0) is 5.70. The molecule has 0 aliphatic rings. The average molecular weight is 96.1 g/mol. The van der Waals surface area contributed by atoms with Gasteiger partial charge in [-0.05, 0) is 0 Å². The van der Waals surface area contributed by atoms with Crippen molar-refractivity contribution >= 4 is 12.4 Å². The Bertz CT molecular complexity index is 103. The lowest BCUT2D eigenvalue weighted by Crippen LogP contribution is -1.79. The molecule has 0 aromatic rings. The van der Waals surface area contributed by atoms with Gasteiger partial charge in [0.25, 0.3) is 0 Å². The second-order valence-corrected chi connectivity index (χ2v) is 1.11. The number of allylic oxidation sites excluding steroid dienone is 1. The van der Waals surface area contributed by atoms with E-state index in [9.17, 15) is 0 Å². The van der Waals surface area contributed by atoms with Gasteiger partial charge in [0.1, 0.15) is 0 Å². The predicted molar refractivity (Wildman–Crippen MR) is 32.3 cm³/mol. The molecule has 38 valence electrons. The van der Waals surface area contributed by atoms with Gasteiger partial charge in [0.05, 0.1) is 0 Å². The quantitative estimate of drug-likeness (QED) is 0.496. The van der Waals surface area contributed by atoms with Crippen molar-refractivity contribution in [3.63, 3.8) is 0 Å². The molecule has 0 aliphatic carbocycles. The lowest BCUT2D eigenvalue weighted by atomic mass is 10.4. The van der Waals surface area contributed by atoms with Crippen LogP contribution in [0.4, 0.5) is 0 Å². The highest BCUT2D eigenvalue weighted by Crippen LogP contribution is 1.73. The highest BCUT2D eigenvalue weighted by atomic mass is 14.6. The zero-order valence-electron chi connectivity index (χ0n) is 4.31. The summed E-state index contributed by atoms with van der Waals surface area (Å²) in [6.07, 6.45) is 2.69. The molecule has 0 bridgehead atoms. The Morgan fingerprint density at radius 2 is 2.43 bits per heavy atom. The smallest absolute Gasteiger partial charge is 0.0290 e. The van der Waals surface area contributed by atoms with Gasteiger partial charge in [-0.2, -0.15) is 0 Å². The largest absolute Gasteiger partial charge is 0.308 e. The number of rotatable bonds is 2. The molecule has 0 rings (SSSR count). The number of nitrogens with one attached hydrogen (secondary N) is 1. The minimum atomic E-state index is 0.627. The molecule has 0 heterocycles. The summed E-state index contributed by atoms with van der Waals surface area (Å²) in [5, 5.41) is 6.60. The molecule has 0 atom stereocenters. The first-order valence-corrected chi connectivity index (χ1v) is 1.92. The minimum Gasteiger partial charge on any atom is -0.308 e. The van der Waals surface area contributed by atoms with Crippen molar-refractivity contribution in [2.75, 3.05) is 7.05 Å². The lowest BCUT2D eigenvalue weighted by Gasteiger charge is -1.77. The number of aliphatic imine (C=N–C) groups is 1. The highest BCUT2D eigenvalue weighted by Gasteiger charge is 1.72. The van der Waals surface area contributed by atoms with Crippen molar-refractivity contribution in [3.8, 4) is 0 Å². The minimum absolute atomic E-state index is 0.627. The molecule has 0 aromatic heterocycles. The molecule has 7 heavy (non-hydrogen) atoms. The molecule has 0 fully saturated rings. The summed E-state index contributed by atoms with van der Waals surface area (Å²) in [6.45, 7) is 3.47. The van der Waals surface area contributed by atoms with Crippen LogP contribution in [-0.2, 0) is 0 Å². The van der Waals surface area contributed by atoms with Crippen molar-refractivity contribution in [1.82, 2.24) is 0 Å². The van der Waals surface area contributed by atoms with Gasteiger partial charge in [-0.25, -0.2) is 0 Å². The first-order valence-electron chi connectivity index (χ1n) is 1.92. The van der Waals surface area contributed by atoms with Crippen molar-refractivity contribution in [2.24, 2.45) is 4.99 Å². The van der Waals surface area contributed by atoms with E-state index in [4.69, 9.17) is 5.41 Å². The number of hydrogen-bond donors (Lipinski definition) is 1.